The summed E-state index contributed by atoms with van der Waals surface area (Å²) in [4.78, 5) is 13.1. The summed E-state index contributed by atoms with van der Waals surface area (Å²) in [6, 6.07) is 17.7. The minimum atomic E-state index is 0. The summed E-state index contributed by atoms with van der Waals surface area (Å²) < 4.78 is 5.80. The summed E-state index contributed by atoms with van der Waals surface area (Å²) in [6.07, 6.45) is 4.38. The van der Waals surface area contributed by atoms with Crippen LogP contribution in [-0.4, -0.2) is 29.0 Å². The molecule has 0 unspecified atom stereocenters. The standard InChI is InChI=1S/C23H26ClN5O.HI/c1-2-25-23(27-13-10-18-8-9-21(24)28-15-18)29-16-20-11-12-26-22(14-20)30-17-19-6-4-3-5-7-19;/h3-9,11-12,14-15H,2,10,13,16-17H2,1H3,(H2,25,27,29);1H. The monoisotopic (exact) mass is 551 g/mol. The van der Waals surface area contributed by atoms with Crippen LogP contribution < -0.4 is 15.4 Å². The Bertz CT molecular complexity index is 938. The van der Waals surface area contributed by atoms with Crippen molar-refractivity contribution in [3.05, 3.63) is 88.8 Å². The molecule has 1 aromatic carbocycles. The van der Waals surface area contributed by atoms with E-state index in [1.807, 2.05) is 55.5 Å². The maximum absolute atomic E-state index is 5.83. The van der Waals surface area contributed by atoms with E-state index in [2.05, 4.69) is 25.6 Å². The van der Waals surface area contributed by atoms with Gasteiger partial charge in [-0.1, -0.05) is 48.0 Å². The Morgan fingerprint density at radius 2 is 1.84 bits per heavy atom. The number of halogens is 2. The molecule has 0 bridgehead atoms. The van der Waals surface area contributed by atoms with E-state index < -0.39 is 0 Å². The third-order valence-electron chi connectivity index (χ3n) is 4.29. The van der Waals surface area contributed by atoms with Gasteiger partial charge in [0.25, 0.3) is 0 Å². The zero-order chi connectivity index (χ0) is 21.0. The molecule has 6 nitrogen and oxygen atoms in total. The molecule has 0 atom stereocenters. The molecule has 0 aliphatic carbocycles. The number of rotatable bonds is 9. The minimum absolute atomic E-state index is 0. The molecule has 164 valence electrons. The summed E-state index contributed by atoms with van der Waals surface area (Å²) in [5.41, 5.74) is 3.27. The molecule has 0 saturated heterocycles. The molecule has 2 N–H and O–H groups in total. The first-order valence-electron chi connectivity index (χ1n) is 9.97. The van der Waals surface area contributed by atoms with Gasteiger partial charge < -0.3 is 15.4 Å². The molecule has 0 amide bonds. The Hall–Kier alpha value is -2.39. The van der Waals surface area contributed by atoms with Gasteiger partial charge in [-0.15, -0.1) is 24.0 Å². The lowest BCUT2D eigenvalue weighted by molar-refractivity contribution is 0.293. The van der Waals surface area contributed by atoms with Gasteiger partial charge in [-0.3, -0.25) is 0 Å². The molecule has 31 heavy (non-hydrogen) atoms. The van der Waals surface area contributed by atoms with E-state index in [4.69, 9.17) is 16.3 Å². The van der Waals surface area contributed by atoms with Crippen LogP contribution in [0, 0.1) is 0 Å². The van der Waals surface area contributed by atoms with Crippen molar-refractivity contribution >= 4 is 41.5 Å². The van der Waals surface area contributed by atoms with Crippen LogP contribution in [0.4, 0.5) is 0 Å². The van der Waals surface area contributed by atoms with Crippen LogP contribution in [-0.2, 0) is 19.6 Å². The fourth-order valence-corrected chi connectivity index (χ4v) is 2.86. The molecular weight excluding hydrogens is 525 g/mol. The lowest BCUT2D eigenvalue weighted by atomic mass is 10.2. The Balaban J connectivity index is 0.00000341. The summed E-state index contributed by atoms with van der Waals surface area (Å²) in [5.74, 6) is 1.36. The number of ether oxygens (including phenoxy) is 1. The number of benzene rings is 1. The third-order valence-corrected chi connectivity index (χ3v) is 4.51. The minimum Gasteiger partial charge on any atom is -0.473 e. The quantitative estimate of drug-likeness (QED) is 0.176. The van der Waals surface area contributed by atoms with E-state index in [9.17, 15) is 0 Å². The van der Waals surface area contributed by atoms with Crippen LogP contribution in [0.1, 0.15) is 23.6 Å². The van der Waals surface area contributed by atoms with Crippen LogP contribution in [0.2, 0.25) is 5.15 Å². The molecule has 0 spiro atoms. The fourth-order valence-electron chi connectivity index (χ4n) is 2.75. The first kappa shape index (κ1) is 24.9. The summed E-state index contributed by atoms with van der Waals surface area (Å²) >= 11 is 5.83. The zero-order valence-corrected chi connectivity index (χ0v) is 20.5. The van der Waals surface area contributed by atoms with Crippen molar-refractivity contribution in [1.82, 2.24) is 20.6 Å². The van der Waals surface area contributed by atoms with Crippen LogP contribution >= 0.6 is 35.6 Å². The average Bonchev–Trinajstić information content (AvgIpc) is 2.78. The lowest BCUT2D eigenvalue weighted by Gasteiger charge is -2.11. The number of nitrogens with zero attached hydrogens (tertiary/aromatic N) is 3. The number of hydrogen-bond donors (Lipinski definition) is 2. The molecule has 2 aromatic heterocycles. The molecular formula is C23H27ClIN5O. The predicted molar refractivity (Wildman–Crippen MR) is 136 cm³/mol. The van der Waals surface area contributed by atoms with Gasteiger partial charge in [0.2, 0.25) is 5.88 Å². The Labute approximate surface area is 205 Å². The summed E-state index contributed by atoms with van der Waals surface area (Å²) in [6.45, 7) is 4.60. The number of pyridine rings is 2. The number of nitrogens with one attached hydrogen (secondary N) is 2. The fraction of sp³-hybridized carbons (Fsp3) is 0.261. The number of aromatic nitrogens is 2. The van der Waals surface area contributed by atoms with E-state index in [1.54, 1.807) is 18.5 Å². The zero-order valence-electron chi connectivity index (χ0n) is 17.4. The second-order valence-electron chi connectivity index (χ2n) is 6.64. The van der Waals surface area contributed by atoms with Crippen molar-refractivity contribution in [3.8, 4) is 5.88 Å². The van der Waals surface area contributed by atoms with Gasteiger partial charge in [-0.05, 0) is 42.2 Å². The van der Waals surface area contributed by atoms with Crippen molar-refractivity contribution in [2.45, 2.75) is 26.5 Å². The SMILES string of the molecule is CCNC(=NCc1ccnc(OCc2ccccc2)c1)NCCc1ccc(Cl)nc1.I. The van der Waals surface area contributed by atoms with Crippen molar-refractivity contribution in [2.24, 2.45) is 4.99 Å². The summed E-state index contributed by atoms with van der Waals surface area (Å²) in [5, 5.41) is 7.12. The number of guanidine groups is 1. The second kappa shape index (κ2) is 13.8. The van der Waals surface area contributed by atoms with Crippen molar-refractivity contribution in [3.63, 3.8) is 0 Å². The Morgan fingerprint density at radius 3 is 2.58 bits per heavy atom. The first-order valence-corrected chi connectivity index (χ1v) is 10.3. The topological polar surface area (TPSA) is 71.4 Å². The van der Waals surface area contributed by atoms with Gasteiger partial charge in [0, 0.05) is 31.5 Å². The maximum atomic E-state index is 5.83. The molecule has 3 aromatic rings. The van der Waals surface area contributed by atoms with E-state index in [0.29, 0.717) is 24.2 Å². The Morgan fingerprint density at radius 1 is 1.00 bits per heavy atom. The van der Waals surface area contributed by atoms with Crippen LogP contribution in [0.3, 0.4) is 0 Å². The summed E-state index contributed by atoms with van der Waals surface area (Å²) in [7, 11) is 0. The molecule has 0 fully saturated rings. The van der Waals surface area contributed by atoms with Crippen molar-refractivity contribution in [1.29, 1.82) is 0 Å². The molecule has 0 radical (unpaired) electrons. The number of aliphatic imine (C=N–C) groups is 1. The maximum Gasteiger partial charge on any atom is 0.213 e. The highest BCUT2D eigenvalue weighted by molar-refractivity contribution is 14.0. The highest BCUT2D eigenvalue weighted by Gasteiger charge is 2.02. The molecule has 2 heterocycles. The molecule has 8 heteroatoms. The first-order chi connectivity index (χ1) is 14.7. The van der Waals surface area contributed by atoms with Gasteiger partial charge in [0.05, 0.1) is 6.54 Å². The predicted octanol–water partition coefficient (Wildman–Crippen LogP) is 4.62. The van der Waals surface area contributed by atoms with E-state index in [1.165, 1.54) is 0 Å². The second-order valence-corrected chi connectivity index (χ2v) is 7.02. The average molecular weight is 552 g/mol. The van der Waals surface area contributed by atoms with Gasteiger partial charge in [0.1, 0.15) is 11.8 Å². The highest BCUT2D eigenvalue weighted by Crippen LogP contribution is 2.12. The van der Waals surface area contributed by atoms with Crippen molar-refractivity contribution < 1.29 is 4.74 Å². The Kier molecular flexibility index (Phi) is 11.1. The van der Waals surface area contributed by atoms with Gasteiger partial charge >= 0.3 is 0 Å². The third kappa shape index (κ3) is 9.10. The molecule has 0 aliphatic rings. The highest BCUT2D eigenvalue weighted by atomic mass is 127. The van der Waals surface area contributed by atoms with E-state index in [0.717, 1.165) is 42.2 Å². The molecule has 0 aliphatic heterocycles. The van der Waals surface area contributed by atoms with Crippen LogP contribution in [0.15, 0.2) is 72.0 Å². The lowest BCUT2D eigenvalue weighted by Crippen LogP contribution is -2.38. The largest absolute Gasteiger partial charge is 0.473 e. The van der Waals surface area contributed by atoms with Gasteiger partial charge in [-0.25, -0.2) is 15.0 Å². The molecule has 3 rings (SSSR count). The molecule has 0 saturated carbocycles. The van der Waals surface area contributed by atoms with E-state index in [-0.39, 0.29) is 24.0 Å². The van der Waals surface area contributed by atoms with Crippen LogP contribution in [0.25, 0.3) is 0 Å². The van der Waals surface area contributed by atoms with E-state index >= 15 is 0 Å². The normalized spacial score (nSPS) is 10.8. The smallest absolute Gasteiger partial charge is 0.213 e. The van der Waals surface area contributed by atoms with Gasteiger partial charge in [0.15, 0.2) is 5.96 Å². The number of hydrogen-bond acceptors (Lipinski definition) is 4. The van der Waals surface area contributed by atoms with Crippen molar-refractivity contribution in [2.75, 3.05) is 13.1 Å². The van der Waals surface area contributed by atoms with Crippen LogP contribution in [0.5, 0.6) is 5.88 Å². The van der Waals surface area contributed by atoms with Gasteiger partial charge in [-0.2, -0.15) is 0 Å².